The maximum absolute atomic E-state index is 8.95. The van der Waals surface area contributed by atoms with Gasteiger partial charge in [-0.15, -0.1) is 0 Å². The molecule has 0 spiro atoms. The molecule has 0 fully saturated rings. The van der Waals surface area contributed by atoms with Gasteiger partial charge in [-0.05, 0) is 42.5 Å². The van der Waals surface area contributed by atoms with Crippen molar-refractivity contribution in [1.82, 2.24) is 5.32 Å². The molecule has 0 saturated carbocycles. The first-order valence-electron chi connectivity index (χ1n) is 6.52. The average Bonchev–Trinajstić information content (AvgIpc) is 2.35. The zero-order valence-corrected chi connectivity index (χ0v) is 11.7. The van der Waals surface area contributed by atoms with Crippen LogP contribution in [0.4, 0.5) is 0 Å². The van der Waals surface area contributed by atoms with Gasteiger partial charge in [0.15, 0.2) is 0 Å². The van der Waals surface area contributed by atoms with Crippen molar-refractivity contribution in [2.45, 2.75) is 26.7 Å². The molecular formula is C15H25NO2. The maximum atomic E-state index is 8.95. The first-order valence-corrected chi connectivity index (χ1v) is 6.52. The van der Waals surface area contributed by atoms with Crippen LogP contribution in [0.3, 0.4) is 0 Å². The van der Waals surface area contributed by atoms with E-state index in [4.69, 9.17) is 9.84 Å². The predicted octanol–water partition coefficient (Wildman–Crippen LogP) is 2.24. The molecule has 0 amide bonds. The smallest absolute Gasteiger partial charge is 0.118 e. The van der Waals surface area contributed by atoms with Gasteiger partial charge in [0.25, 0.3) is 0 Å². The summed E-state index contributed by atoms with van der Waals surface area (Å²) in [6.45, 7) is 6.49. The Morgan fingerprint density at radius 1 is 1.22 bits per heavy atom. The number of aliphatic hydroxyl groups is 1. The summed E-state index contributed by atoms with van der Waals surface area (Å²) in [5.74, 6) is 0.899. The van der Waals surface area contributed by atoms with Crippen molar-refractivity contribution < 1.29 is 9.84 Å². The van der Waals surface area contributed by atoms with Crippen molar-refractivity contribution in [3.8, 4) is 5.75 Å². The second kappa shape index (κ2) is 7.39. The molecule has 0 radical (unpaired) electrons. The molecule has 18 heavy (non-hydrogen) atoms. The van der Waals surface area contributed by atoms with Crippen LogP contribution in [0.15, 0.2) is 24.3 Å². The molecule has 1 aromatic carbocycles. The SMILES string of the molecule is COc1ccc(CCNCC(C)(C)CCO)cc1. The fourth-order valence-corrected chi connectivity index (χ4v) is 1.84. The van der Waals surface area contributed by atoms with Gasteiger partial charge in [-0.1, -0.05) is 26.0 Å². The van der Waals surface area contributed by atoms with Gasteiger partial charge in [-0.3, -0.25) is 0 Å². The molecular weight excluding hydrogens is 226 g/mol. The van der Waals surface area contributed by atoms with Crippen LogP contribution in [0.1, 0.15) is 25.8 Å². The van der Waals surface area contributed by atoms with Crippen molar-refractivity contribution in [3.05, 3.63) is 29.8 Å². The molecule has 3 nitrogen and oxygen atoms in total. The van der Waals surface area contributed by atoms with Gasteiger partial charge in [0.1, 0.15) is 5.75 Å². The molecule has 0 unspecified atom stereocenters. The summed E-state index contributed by atoms with van der Waals surface area (Å²) in [5.41, 5.74) is 1.47. The maximum Gasteiger partial charge on any atom is 0.118 e. The minimum atomic E-state index is 0.161. The Balaban J connectivity index is 2.25. The standard InChI is InChI=1S/C15H25NO2/c1-15(2,9-11-17)12-16-10-8-13-4-6-14(18-3)7-5-13/h4-7,16-17H,8-12H2,1-3H3. The fraction of sp³-hybridized carbons (Fsp3) is 0.600. The number of nitrogens with one attached hydrogen (secondary N) is 1. The van der Waals surface area contributed by atoms with Crippen LogP contribution in [0, 0.1) is 5.41 Å². The lowest BCUT2D eigenvalue weighted by atomic mass is 9.90. The van der Waals surface area contributed by atoms with E-state index in [1.807, 2.05) is 12.1 Å². The van der Waals surface area contributed by atoms with Gasteiger partial charge in [0.2, 0.25) is 0 Å². The van der Waals surface area contributed by atoms with Crippen molar-refractivity contribution in [3.63, 3.8) is 0 Å². The third kappa shape index (κ3) is 5.52. The van der Waals surface area contributed by atoms with Crippen LogP contribution in [0.2, 0.25) is 0 Å². The first kappa shape index (κ1) is 15.0. The third-order valence-corrected chi connectivity index (χ3v) is 3.14. The molecule has 3 heteroatoms. The van der Waals surface area contributed by atoms with Crippen LogP contribution in [-0.4, -0.2) is 31.9 Å². The number of methoxy groups -OCH3 is 1. The van der Waals surface area contributed by atoms with E-state index in [-0.39, 0.29) is 12.0 Å². The second-order valence-corrected chi connectivity index (χ2v) is 5.41. The lowest BCUT2D eigenvalue weighted by Gasteiger charge is -2.23. The van der Waals surface area contributed by atoms with Crippen LogP contribution >= 0.6 is 0 Å². The Kier molecular flexibility index (Phi) is 6.16. The molecule has 0 aromatic heterocycles. The van der Waals surface area contributed by atoms with Gasteiger partial charge < -0.3 is 15.2 Å². The quantitative estimate of drug-likeness (QED) is 0.696. The summed E-state index contributed by atoms with van der Waals surface area (Å²) >= 11 is 0. The first-order chi connectivity index (χ1) is 8.57. The van der Waals surface area contributed by atoms with E-state index in [1.54, 1.807) is 7.11 Å². The molecule has 0 aliphatic rings. The van der Waals surface area contributed by atoms with Crippen LogP contribution in [0.5, 0.6) is 5.75 Å². The molecule has 0 aliphatic heterocycles. The Morgan fingerprint density at radius 2 is 1.89 bits per heavy atom. The molecule has 1 rings (SSSR count). The Hall–Kier alpha value is -1.06. The zero-order valence-electron chi connectivity index (χ0n) is 11.7. The summed E-state index contributed by atoms with van der Waals surface area (Å²) in [6, 6.07) is 8.18. The van der Waals surface area contributed by atoms with E-state index in [0.717, 1.165) is 31.7 Å². The van der Waals surface area contributed by atoms with Gasteiger partial charge in [0, 0.05) is 13.2 Å². The van der Waals surface area contributed by atoms with Gasteiger partial charge in [-0.2, -0.15) is 0 Å². The van der Waals surface area contributed by atoms with Crippen molar-refractivity contribution in [1.29, 1.82) is 0 Å². The summed E-state index contributed by atoms with van der Waals surface area (Å²) in [7, 11) is 1.68. The lowest BCUT2D eigenvalue weighted by molar-refractivity contribution is 0.207. The topological polar surface area (TPSA) is 41.5 Å². The van der Waals surface area contributed by atoms with E-state index in [0.29, 0.717) is 0 Å². The molecule has 2 N–H and O–H groups in total. The molecule has 1 aromatic rings. The minimum absolute atomic E-state index is 0.161. The van der Waals surface area contributed by atoms with Crippen LogP contribution in [0.25, 0.3) is 0 Å². The van der Waals surface area contributed by atoms with Gasteiger partial charge in [0.05, 0.1) is 7.11 Å². The van der Waals surface area contributed by atoms with Gasteiger partial charge in [-0.25, -0.2) is 0 Å². The Morgan fingerprint density at radius 3 is 2.44 bits per heavy atom. The van der Waals surface area contributed by atoms with Crippen molar-refractivity contribution in [2.24, 2.45) is 5.41 Å². The molecule has 102 valence electrons. The van der Waals surface area contributed by atoms with Crippen molar-refractivity contribution in [2.75, 3.05) is 26.8 Å². The highest BCUT2D eigenvalue weighted by molar-refractivity contribution is 5.27. The number of benzene rings is 1. The summed E-state index contributed by atoms with van der Waals surface area (Å²) in [6.07, 6.45) is 1.85. The number of hydrogen-bond acceptors (Lipinski definition) is 3. The summed E-state index contributed by atoms with van der Waals surface area (Å²) in [5, 5.41) is 12.4. The zero-order chi connectivity index (χ0) is 13.4. The summed E-state index contributed by atoms with van der Waals surface area (Å²) in [4.78, 5) is 0. The van der Waals surface area contributed by atoms with E-state index in [2.05, 4.69) is 31.3 Å². The number of aliphatic hydroxyl groups excluding tert-OH is 1. The highest BCUT2D eigenvalue weighted by atomic mass is 16.5. The minimum Gasteiger partial charge on any atom is -0.497 e. The monoisotopic (exact) mass is 251 g/mol. The van der Waals surface area contributed by atoms with E-state index >= 15 is 0 Å². The Bertz CT molecular complexity index is 333. The lowest BCUT2D eigenvalue weighted by Crippen LogP contribution is -2.31. The van der Waals surface area contributed by atoms with E-state index < -0.39 is 0 Å². The summed E-state index contributed by atoms with van der Waals surface area (Å²) < 4.78 is 5.13. The normalized spacial score (nSPS) is 11.6. The Labute approximate surface area is 110 Å². The fourth-order valence-electron chi connectivity index (χ4n) is 1.84. The second-order valence-electron chi connectivity index (χ2n) is 5.41. The third-order valence-electron chi connectivity index (χ3n) is 3.14. The van der Waals surface area contributed by atoms with E-state index in [1.165, 1.54) is 5.56 Å². The van der Waals surface area contributed by atoms with Crippen LogP contribution in [-0.2, 0) is 6.42 Å². The van der Waals surface area contributed by atoms with E-state index in [9.17, 15) is 0 Å². The molecule has 0 heterocycles. The largest absolute Gasteiger partial charge is 0.497 e. The number of rotatable bonds is 8. The molecule has 0 saturated heterocycles. The van der Waals surface area contributed by atoms with Gasteiger partial charge >= 0.3 is 0 Å². The van der Waals surface area contributed by atoms with Crippen LogP contribution < -0.4 is 10.1 Å². The molecule has 0 bridgehead atoms. The average molecular weight is 251 g/mol. The molecule has 0 aliphatic carbocycles. The van der Waals surface area contributed by atoms with Crippen molar-refractivity contribution >= 4 is 0 Å². The molecule has 0 atom stereocenters. The number of hydrogen-bond donors (Lipinski definition) is 2. The predicted molar refractivity (Wildman–Crippen MR) is 75.1 cm³/mol. The number of ether oxygens (including phenoxy) is 1. The highest BCUT2D eigenvalue weighted by Crippen LogP contribution is 2.18. The highest BCUT2D eigenvalue weighted by Gasteiger charge is 2.15.